The SMILES string of the molecule is CCCCCCCC/C=C\CCCCCCCCCCCC(=O)OC(COC(=O)CCCCCCCCCCCCCCCCCCC)COC1OC(CS(=O)(=O)O)C(O)C(O)C1O. The van der Waals surface area contributed by atoms with E-state index < -0.39 is 71.2 Å². The monoisotopic (exact) mass is 933 g/mol. The second-order valence-corrected chi connectivity index (χ2v) is 20.0. The summed E-state index contributed by atoms with van der Waals surface area (Å²) in [4.78, 5) is 25.5. The standard InChI is InChI=1S/C51H96O12S/c1-3-5-7-9-11-13-15-17-19-21-22-24-26-28-30-32-34-36-38-40-47(53)62-44(42-61-51-50(56)49(55)48(54)45(63-51)43-64(57,58)59)41-60-46(52)39-37-35-33-31-29-27-25-23-20-18-16-14-12-10-8-6-4-2/h17,19,44-45,48-51,54-56H,3-16,18,20-43H2,1-2H3,(H,57,58,59)/b19-17-. The van der Waals surface area contributed by atoms with Crippen molar-refractivity contribution in [1.82, 2.24) is 0 Å². The first-order chi connectivity index (χ1) is 31.0. The molecule has 378 valence electrons. The van der Waals surface area contributed by atoms with E-state index in [0.29, 0.717) is 12.8 Å². The van der Waals surface area contributed by atoms with E-state index >= 15 is 0 Å². The molecule has 0 saturated carbocycles. The summed E-state index contributed by atoms with van der Waals surface area (Å²) in [7, 11) is -4.60. The van der Waals surface area contributed by atoms with Crippen molar-refractivity contribution in [1.29, 1.82) is 0 Å². The molecular formula is C51H96O12S. The maximum absolute atomic E-state index is 12.9. The minimum absolute atomic E-state index is 0.167. The number of aliphatic hydroxyl groups is 3. The first kappa shape index (κ1) is 60.4. The first-order valence-corrected chi connectivity index (χ1v) is 27.9. The van der Waals surface area contributed by atoms with E-state index in [2.05, 4.69) is 26.0 Å². The van der Waals surface area contributed by atoms with Gasteiger partial charge in [0.25, 0.3) is 10.1 Å². The molecule has 0 amide bonds. The molecule has 0 radical (unpaired) electrons. The molecule has 1 fully saturated rings. The van der Waals surface area contributed by atoms with Gasteiger partial charge in [-0.25, -0.2) is 0 Å². The van der Waals surface area contributed by atoms with Crippen molar-refractivity contribution in [3.8, 4) is 0 Å². The highest BCUT2D eigenvalue weighted by Gasteiger charge is 2.46. The van der Waals surface area contributed by atoms with Crippen LogP contribution in [0, 0.1) is 0 Å². The fraction of sp³-hybridized carbons (Fsp3) is 0.922. The summed E-state index contributed by atoms with van der Waals surface area (Å²) >= 11 is 0. The van der Waals surface area contributed by atoms with Gasteiger partial charge in [-0.2, -0.15) is 8.42 Å². The third-order valence-electron chi connectivity index (χ3n) is 12.3. The zero-order valence-electron chi connectivity index (χ0n) is 40.7. The topological polar surface area (TPSA) is 186 Å². The number of rotatable bonds is 45. The van der Waals surface area contributed by atoms with Crippen molar-refractivity contribution in [3.63, 3.8) is 0 Å². The highest BCUT2D eigenvalue weighted by molar-refractivity contribution is 7.85. The lowest BCUT2D eigenvalue weighted by Crippen LogP contribution is -2.60. The maximum atomic E-state index is 12.9. The molecule has 64 heavy (non-hydrogen) atoms. The van der Waals surface area contributed by atoms with Crippen LogP contribution in [-0.4, -0.2) is 96.0 Å². The van der Waals surface area contributed by atoms with Crippen LogP contribution in [0.5, 0.6) is 0 Å². The van der Waals surface area contributed by atoms with E-state index in [9.17, 15) is 37.9 Å². The van der Waals surface area contributed by atoms with Gasteiger partial charge in [0.05, 0.1) is 6.61 Å². The molecule has 0 spiro atoms. The van der Waals surface area contributed by atoms with Crippen LogP contribution in [0.3, 0.4) is 0 Å². The van der Waals surface area contributed by atoms with Gasteiger partial charge in [0.2, 0.25) is 0 Å². The zero-order valence-corrected chi connectivity index (χ0v) is 41.5. The van der Waals surface area contributed by atoms with E-state index in [1.54, 1.807) is 0 Å². The van der Waals surface area contributed by atoms with Crippen LogP contribution in [0.15, 0.2) is 12.2 Å². The third kappa shape index (κ3) is 35.6. The van der Waals surface area contributed by atoms with Gasteiger partial charge in [-0.15, -0.1) is 0 Å². The van der Waals surface area contributed by atoms with Gasteiger partial charge < -0.3 is 34.3 Å². The van der Waals surface area contributed by atoms with Crippen molar-refractivity contribution in [2.24, 2.45) is 0 Å². The highest BCUT2D eigenvalue weighted by atomic mass is 32.2. The molecule has 13 heteroatoms. The van der Waals surface area contributed by atoms with Gasteiger partial charge in [0, 0.05) is 12.8 Å². The molecule has 0 aromatic carbocycles. The molecule has 1 heterocycles. The molecule has 0 bridgehead atoms. The van der Waals surface area contributed by atoms with Crippen molar-refractivity contribution in [2.45, 2.75) is 282 Å². The molecule has 1 rings (SSSR count). The van der Waals surface area contributed by atoms with Crippen molar-refractivity contribution in [2.75, 3.05) is 19.0 Å². The smallest absolute Gasteiger partial charge is 0.306 e. The lowest BCUT2D eigenvalue weighted by Gasteiger charge is -2.40. The summed E-state index contributed by atoms with van der Waals surface area (Å²) in [6.45, 7) is 3.80. The molecule has 0 aromatic heterocycles. The van der Waals surface area contributed by atoms with Gasteiger partial charge in [0.1, 0.15) is 36.8 Å². The Morgan fingerprint density at radius 2 is 0.891 bits per heavy atom. The Balaban J connectivity index is 2.36. The van der Waals surface area contributed by atoms with E-state index in [4.69, 9.17) is 18.9 Å². The number of esters is 2. The van der Waals surface area contributed by atoms with Crippen LogP contribution in [0.2, 0.25) is 0 Å². The number of carbonyl (C=O) groups excluding carboxylic acids is 2. The summed E-state index contributed by atoms with van der Waals surface area (Å²) in [6, 6.07) is 0. The zero-order chi connectivity index (χ0) is 46.9. The summed E-state index contributed by atoms with van der Waals surface area (Å²) in [6.07, 6.45) is 36.7. The number of allylic oxidation sites excluding steroid dienone is 2. The third-order valence-corrected chi connectivity index (χ3v) is 13.1. The Kier molecular flexibility index (Phi) is 39.2. The molecule has 1 aliphatic heterocycles. The van der Waals surface area contributed by atoms with Crippen molar-refractivity contribution in [3.05, 3.63) is 12.2 Å². The summed E-state index contributed by atoms with van der Waals surface area (Å²) in [5.74, 6) is -1.97. The predicted octanol–water partition coefficient (Wildman–Crippen LogP) is 11.8. The number of aliphatic hydroxyl groups excluding tert-OH is 3. The molecule has 6 atom stereocenters. The molecular weight excluding hydrogens is 837 g/mol. The molecule has 1 saturated heterocycles. The molecule has 6 unspecified atom stereocenters. The Morgan fingerprint density at radius 1 is 0.516 bits per heavy atom. The van der Waals surface area contributed by atoms with Gasteiger partial charge >= 0.3 is 11.9 Å². The van der Waals surface area contributed by atoms with Crippen molar-refractivity contribution >= 4 is 22.1 Å². The second-order valence-electron chi connectivity index (χ2n) is 18.5. The molecule has 4 N–H and O–H groups in total. The minimum atomic E-state index is -4.60. The van der Waals surface area contributed by atoms with Gasteiger partial charge in [-0.05, 0) is 38.5 Å². The van der Waals surface area contributed by atoms with Crippen LogP contribution < -0.4 is 0 Å². The van der Waals surface area contributed by atoms with Crippen molar-refractivity contribution < 1.29 is 56.8 Å². The quantitative estimate of drug-likeness (QED) is 0.0196. The number of carbonyl (C=O) groups is 2. The number of hydrogen-bond acceptors (Lipinski definition) is 11. The van der Waals surface area contributed by atoms with E-state index in [1.807, 2.05) is 0 Å². The number of ether oxygens (including phenoxy) is 4. The van der Waals surface area contributed by atoms with E-state index in [1.165, 1.54) is 167 Å². The summed E-state index contributed by atoms with van der Waals surface area (Å²) in [5, 5.41) is 31.0. The van der Waals surface area contributed by atoms with Gasteiger partial charge in [-0.3, -0.25) is 14.1 Å². The molecule has 0 aliphatic carbocycles. The Hall–Kier alpha value is -1.61. The Labute approximate surface area is 390 Å². The molecule has 0 aromatic rings. The lowest BCUT2D eigenvalue weighted by molar-refractivity contribution is -0.297. The average molecular weight is 933 g/mol. The average Bonchev–Trinajstić information content (AvgIpc) is 3.26. The van der Waals surface area contributed by atoms with Crippen LogP contribution in [0.25, 0.3) is 0 Å². The van der Waals surface area contributed by atoms with Crippen LogP contribution in [0.1, 0.15) is 245 Å². The largest absolute Gasteiger partial charge is 0.462 e. The highest BCUT2D eigenvalue weighted by Crippen LogP contribution is 2.24. The summed E-state index contributed by atoms with van der Waals surface area (Å²) in [5.41, 5.74) is 0. The molecule has 1 aliphatic rings. The van der Waals surface area contributed by atoms with E-state index in [-0.39, 0.29) is 19.4 Å². The van der Waals surface area contributed by atoms with Crippen LogP contribution >= 0.6 is 0 Å². The normalized spacial score (nSPS) is 19.6. The summed E-state index contributed by atoms with van der Waals surface area (Å²) < 4.78 is 54.3. The van der Waals surface area contributed by atoms with Gasteiger partial charge in [0.15, 0.2) is 12.4 Å². The fourth-order valence-electron chi connectivity index (χ4n) is 8.26. The number of hydrogen-bond donors (Lipinski definition) is 4. The number of unbranched alkanes of at least 4 members (excludes halogenated alkanes) is 31. The Bertz CT molecular complexity index is 1230. The van der Waals surface area contributed by atoms with Gasteiger partial charge in [-0.1, -0.05) is 206 Å². The minimum Gasteiger partial charge on any atom is -0.462 e. The predicted molar refractivity (Wildman–Crippen MR) is 257 cm³/mol. The van der Waals surface area contributed by atoms with Crippen LogP contribution in [-0.2, 0) is 38.7 Å². The lowest BCUT2D eigenvalue weighted by atomic mass is 10.00. The first-order valence-electron chi connectivity index (χ1n) is 26.2. The fourth-order valence-corrected chi connectivity index (χ4v) is 8.95. The van der Waals surface area contributed by atoms with E-state index in [0.717, 1.165) is 38.5 Å². The maximum Gasteiger partial charge on any atom is 0.306 e. The Morgan fingerprint density at radius 3 is 1.30 bits per heavy atom. The second kappa shape index (κ2) is 41.6. The molecule has 12 nitrogen and oxygen atoms in total. The van der Waals surface area contributed by atoms with Crippen LogP contribution in [0.4, 0.5) is 0 Å².